The lowest BCUT2D eigenvalue weighted by atomic mass is 10.1. The molecule has 0 aliphatic carbocycles. The van der Waals surface area contributed by atoms with Crippen molar-refractivity contribution in [1.29, 1.82) is 0 Å². The van der Waals surface area contributed by atoms with Gasteiger partial charge in [-0.1, -0.05) is 23.7 Å². The lowest BCUT2D eigenvalue weighted by Crippen LogP contribution is -2.18. The maximum absolute atomic E-state index is 11.5. The highest BCUT2D eigenvalue weighted by atomic mass is 35.5. The first-order chi connectivity index (χ1) is 8.08. The normalized spacial score (nSPS) is 11.3. The molecule has 0 aliphatic heterocycles. The molecule has 0 saturated carbocycles. The Kier molecular flexibility index (Phi) is 4.78. The molecule has 0 heterocycles. The van der Waals surface area contributed by atoms with Gasteiger partial charge in [0.15, 0.2) is 5.84 Å². The Morgan fingerprint density at radius 1 is 1.59 bits per heavy atom. The molecule has 1 amide bonds. The number of amides is 1. The minimum atomic E-state index is -0.137. The molecule has 0 spiro atoms. The van der Waals surface area contributed by atoms with Gasteiger partial charge in [0.25, 0.3) is 0 Å². The van der Waals surface area contributed by atoms with Gasteiger partial charge in [-0.2, -0.15) is 0 Å². The number of nitrogens with two attached hydrogens (primary N) is 1. The molecule has 4 N–H and O–H groups in total. The summed E-state index contributed by atoms with van der Waals surface area (Å²) in [6, 6.07) is 4.74. The molecule has 0 unspecified atom stereocenters. The second kappa shape index (κ2) is 6.10. The summed E-state index contributed by atoms with van der Waals surface area (Å²) in [5, 5.41) is 14.7. The van der Waals surface area contributed by atoms with Crippen molar-refractivity contribution in [2.24, 2.45) is 10.9 Å². The van der Waals surface area contributed by atoms with E-state index in [0.29, 0.717) is 22.7 Å². The van der Waals surface area contributed by atoms with Crippen molar-refractivity contribution in [3.05, 3.63) is 28.8 Å². The Morgan fingerprint density at radius 3 is 2.88 bits per heavy atom. The average molecular weight is 256 g/mol. The van der Waals surface area contributed by atoms with Gasteiger partial charge >= 0.3 is 0 Å². The second-order valence-corrected chi connectivity index (χ2v) is 3.91. The van der Waals surface area contributed by atoms with Crippen molar-refractivity contribution < 1.29 is 10.0 Å². The highest BCUT2D eigenvalue weighted by Gasteiger charge is 2.10. The molecular formula is C11H14ClN3O2. The van der Waals surface area contributed by atoms with Gasteiger partial charge < -0.3 is 16.3 Å². The summed E-state index contributed by atoms with van der Waals surface area (Å²) in [6.07, 6.45) is 1.15. The third kappa shape index (κ3) is 3.64. The van der Waals surface area contributed by atoms with E-state index in [2.05, 4.69) is 10.5 Å². The molecule has 1 rings (SSSR count). The largest absolute Gasteiger partial charge is 0.409 e. The zero-order valence-corrected chi connectivity index (χ0v) is 10.2. The van der Waals surface area contributed by atoms with Crippen LogP contribution in [0.2, 0.25) is 5.02 Å². The molecule has 92 valence electrons. The summed E-state index contributed by atoms with van der Waals surface area (Å²) in [7, 11) is 0. The number of nitrogens with one attached hydrogen (secondary N) is 1. The SMILES string of the molecule is CCCC(=O)Nc1cc(Cl)ccc1C(N)=NO. The third-order valence-electron chi connectivity index (χ3n) is 2.12. The first kappa shape index (κ1) is 13.3. The standard InChI is InChI=1S/C11H14ClN3O2/c1-2-3-10(16)14-9-6-7(12)4-5-8(9)11(13)15-17/h4-6,17H,2-3H2,1H3,(H2,13,15)(H,14,16). The Hall–Kier alpha value is -1.75. The second-order valence-electron chi connectivity index (χ2n) is 3.47. The Labute approximate surface area is 104 Å². The number of halogens is 1. The molecule has 17 heavy (non-hydrogen) atoms. The van der Waals surface area contributed by atoms with E-state index >= 15 is 0 Å². The fourth-order valence-corrected chi connectivity index (χ4v) is 1.51. The van der Waals surface area contributed by atoms with Crippen molar-refractivity contribution >= 4 is 29.0 Å². The summed E-state index contributed by atoms with van der Waals surface area (Å²) < 4.78 is 0. The van der Waals surface area contributed by atoms with Gasteiger partial charge in [-0.05, 0) is 24.6 Å². The average Bonchev–Trinajstić information content (AvgIpc) is 2.28. The minimum Gasteiger partial charge on any atom is -0.409 e. The number of rotatable bonds is 4. The van der Waals surface area contributed by atoms with Gasteiger partial charge in [-0.3, -0.25) is 4.79 Å². The lowest BCUT2D eigenvalue weighted by Gasteiger charge is -2.10. The van der Waals surface area contributed by atoms with E-state index in [0.717, 1.165) is 6.42 Å². The molecule has 0 aromatic heterocycles. The topological polar surface area (TPSA) is 87.7 Å². The van der Waals surface area contributed by atoms with Crippen LogP contribution in [-0.2, 0) is 4.79 Å². The van der Waals surface area contributed by atoms with Gasteiger partial charge in [0.1, 0.15) is 0 Å². The number of carbonyl (C=O) groups is 1. The van der Waals surface area contributed by atoms with Crippen LogP contribution >= 0.6 is 11.6 Å². The van der Waals surface area contributed by atoms with Crippen LogP contribution in [0.4, 0.5) is 5.69 Å². The molecule has 5 nitrogen and oxygen atoms in total. The van der Waals surface area contributed by atoms with E-state index in [4.69, 9.17) is 22.5 Å². The Bertz CT molecular complexity index is 446. The molecule has 0 radical (unpaired) electrons. The van der Waals surface area contributed by atoms with E-state index < -0.39 is 0 Å². The number of hydrogen-bond acceptors (Lipinski definition) is 3. The van der Waals surface area contributed by atoms with Crippen LogP contribution in [0.1, 0.15) is 25.3 Å². The van der Waals surface area contributed by atoms with E-state index in [1.807, 2.05) is 6.92 Å². The Balaban J connectivity index is 3.03. The summed E-state index contributed by atoms with van der Waals surface area (Å²) in [5.74, 6) is -0.213. The first-order valence-corrected chi connectivity index (χ1v) is 5.53. The van der Waals surface area contributed by atoms with Crippen LogP contribution in [0.3, 0.4) is 0 Å². The molecule has 0 saturated heterocycles. The molecule has 0 fully saturated rings. The van der Waals surface area contributed by atoms with Gasteiger partial charge in [0.2, 0.25) is 5.91 Å². The number of amidine groups is 1. The molecule has 1 aromatic rings. The van der Waals surface area contributed by atoms with Gasteiger partial charge in [-0.15, -0.1) is 0 Å². The number of carbonyl (C=O) groups excluding carboxylic acids is 1. The molecular weight excluding hydrogens is 242 g/mol. The first-order valence-electron chi connectivity index (χ1n) is 5.15. The maximum atomic E-state index is 11.5. The maximum Gasteiger partial charge on any atom is 0.224 e. The zero-order chi connectivity index (χ0) is 12.8. The summed E-state index contributed by atoms with van der Waals surface area (Å²) in [5.41, 5.74) is 6.37. The van der Waals surface area contributed by atoms with Gasteiger partial charge in [0, 0.05) is 17.0 Å². The fourth-order valence-electron chi connectivity index (χ4n) is 1.34. The number of nitrogens with zero attached hydrogens (tertiary/aromatic N) is 1. The summed E-state index contributed by atoms with van der Waals surface area (Å²) in [4.78, 5) is 11.5. The van der Waals surface area contributed by atoms with Crippen LogP contribution in [0.15, 0.2) is 23.4 Å². The highest BCUT2D eigenvalue weighted by Crippen LogP contribution is 2.21. The van der Waals surface area contributed by atoms with Crippen LogP contribution in [0, 0.1) is 0 Å². The van der Waals surface area contributed by atoms with E-state index in [9.17, 15) is 4.79 Å². The Morgan fingerprint density at radius 2 is 2.29 bits per heavy atom. The van der Waals surface area contributed by atoms with Crippen molar-refractivity contribution in [1.82, 2.24) is 0 Å². The molecule has 0 atom stereocenters. The van der Waals surface area contributed by atoms with Gasteiger partial charge in [0.05, 0.1) is 5.69 Å². The minimum absolute atomic E-state index is 0.0755. The number of anilines is 1. The predicted molar refractivity (Wildman–Crippen MR) is 67.5 cm³/mol. The van der Waals surface area contributed by atoms with E-state index in [1.165, 1.54) is 0 Å². The van der Waals surface area contributed by atoms with Crippen LogP contribution < -0.4 is 11.1 Å². The van der Waals surface area contributed by atoms with Crippen molar-refractivity contribution in [2.75, 3.05) is 5.32 Å². The number of oxime groups is 1. The molecule has 0 bridgehead atoms. The summed E-state index contributed by atoms with van der Waals surface area (Å²) >= 11 is 5.83. The molecule has 0 aliphatic rings. The fraction of sp³-hybridized carbons (Fsp3) is 0.273. The predicted octanol–water partition coefficient (Wildman–Crippen LogP) is 2.17. The quantitative estimate of drug-likeness (QED) is 0.333. The van der Waals surface area contributed by atoms with Crippen molar-refractivity contribution in [3.8, 4) is 0 Å². The van der Waals surface area contributed by atoms with E-state index in [1.54, 1.807) is 18.2 Å². The zero-order valence-electron chi connectivity index (χ0n) is 9.40. The van der Waals surface area contributed by atoms with Crippen LogP contribution in [0.25, 0.3) is 0 Å². The molecule has 6 heteroatoms. The van der Waals surface area contributed by atoms with Crippen LogP contribution in [-0.4, -0.2) is 17.0 Å². The smallest absolute Gasteiger partial charge is 0.224 e. The number of hydrogen-bond donors (Lipinski definition) is 3. The number of benzene rings is 1. The monoisotopic (exact) mass is 255 g/mol. The molecule has 1 aromatic carbocycles. The van der Waals surface area contributed by atoms with Gasteiger partial charge in [-0.25, -0.2) is 0 Å². The van der Waals surface area contributed by atoms with Crippen LogP contribution in [0.5, 0.6) is 0 Å². The highest BCUT2D eigenvalue weighted by molar-refractivity contribution is 6.31. The lowest BCUT2D eigenvalue weighted by molar-refractivity contribution is -0.116. The summed E-state index contributed by atoms with van der Waals surface area (Å²) in [6.45, 7) is 1.90. The van der Waals surface area contributed by atoms with E-state index in [-0.39, 0.29) is 11.7 Å². The third-order valence-corrected chi connectivity index (χ3v) is 2.35. The van der Waals surface area contributed by atoms with Crippen molar-refractivity contribution in [3.63, 3.8) is 0 Å². The van der Waals surface area contributed by atoms with Crippen molar-refractivity contribution in [2.45, 2.75) is 19.8 Å².